The van der Waals surface area contributed by atoms with E-state index in [9.17, 15) is 9.59 Å². The highest BCUT2D eigenvalue weighted by atomic mass is 16.5. The van der Waals surface area contributed by atoms with Gasteiger partial charge in [0.1, 0.15) is 16.7 Å². The Labute approximate surface area is 185 Å². The maximum atomic E-state index is 13.0. The van der Waals surface area contributed by atoms with E-state index in [0.29, 0.717) is 47.1 Å². The van der Waals surface area contributed by atoms with E-state index in [-0.39, 0.29) is 22.5 Å². The zero-order chi connectivity index (χ0) is 22.8. The van der Waals surface area contributed by atoms with Crippen LogP contribution in [0.4, 0.5) is 0 Å². The van der Waals surface area contributed by atoms with E-state index in [1.165, 1.54) is 27.4 Å². The van der Waals surface area contributed by atoms with Gasteiger partial charge in [0.2, 0.25) is 5.75 Å². The third-order valence-electron chi connectivity index (χ3n) is 5.71. The van der Waals surface area contributed by atoms with Crippen molar-refractivity contribution < 1.29 is 23.4 Å². The topological polar surface area (TPSA) is 81.5 Å². The Morgan fingerprint density at radius 2 is 1.66 bits per heavy atom. The average Bonchev–Trinajstić information content (AvgIpc) is 2.82. The molecule has 0 unspecified atom stereocenters. The number of likely N-dealkylation sites (N-methyl/N-ethyl adjacent to an activating group) is 1. The molecule has 0 radical (unpaired) electrons. The van der Waals surface area contributed by atoms with Gasteiger partial charge in [0.05, 0.1) is 21.3 Å². The fourth-order valence-corrected chi connectivity index (χ4v) is 3.93. The second-order valence-electron chi connectivity index (χ2n) is 7.67. The molecule has 8 heteroatoms. The number of amides is 1. The Morgan fingerprint density at radius 3 is 2.31 bits per heavy atom. The molecule has 0 spiro atoms. The summed E-state index contributed by atoms with van der Waals surface area (Å²) in [5, 5.41) is 0.263. The smallest absolute Gasteiger partial charge is 0.253 e. The van der Waals surface area contributed by atoms with E-state index >= 15 is 0 Å². The third-order valence-corrected chi connectivity index (χ3v) is 5.71. The molecule has 0 N–H and O–H groups in total. The number of rotatable bonds is 5. The van der Waals surface area contributed by atoms with Gasteiger partial charge in [0.25, 0.3) is 5.91 Å². The first kappa shape index (κ1) is 21.7. The van der Waals surface area contributed by atoms with E-state index in [4.69, 9.17) is 18.6 Å². The SMILES string of the molecule is COc1cc2oc(-c3cccc(C(=O)N4CCN(C)CC4)c3)cc(=O)c2c(OC)c1OC. The van der Waals surface area contributed by atoms with E-state index in [2.05, 4.69) is 4.90 Å². The number of fused-ring (bicyclic) bond motifs is 1. The molecule has 2 aromatic carbocycles. The molecule has 4 rings (SSSR count). The highest BCUT2D eigenvalue weighted by molar-refractivity contribution is 5.96. The van der Waals surface area contributed by atoms with Crippen LogP contribution in [0.25, 0.3) is 22.3 Å². The molecule has 168 valence electrons. The summed E-state index contributed by atoms with van der Waals surface area (Å²) < 4.78 is 22.2. The second-order valence-corrected chi connectivity index (χ2v) is 7.67. The maximum absolute atomic E-state index is 13.0. The Hall–Kier alpha value is -3.52. The van der Waals surface area contributed by atoms with Crippen molar-refractivity contribution in [1.82, 2.24) is 9.80 Å². The van der Waals surface area contributed by atoms with Gasteiger partial charge in [0, 0.05) is 49.4 Å². The summed E-state index contributed by atoms with van der Waals surface area (Å²) >= 11 is 0. The summed E-state index contributed by atoms with van der Waals surface area (Å²) in [4.78, 5) is 30.0. The molecule has 8 nitrogen and oxygen atoms in total. The number of hydrogen-bond donors (Lipinski definition) is 0. The Bertz CT molecular complexity index is 1210. The van der Waals surface area contributed by atoms with Gasteiger partial charge in [0.15, 0.2) is 16.9 Å². The second kappa shape index (κ2) is 8.92. The van der Waals surface area contributed by atoms with Gasteiger partial charge in [-0.25, -0.2) is 0 Å². The van der Waals surface area contributed by atoms with Crippen LogP contribution < -0.4 is 19.6 Å². The Kier molecular flexibility index (Phi) is 6.05. The van der Waals surface area contributed by atoms with Crippen molar-refractivity contribution in [2.24, 2.45) is 0 Å². The number of hydrogen-bond acceptors (Lipinski definition) is 7. The van der Waals surface area contributed by atoms with Gasteiger partial charge >= 0.3 is 0 Å². The van der Waals surface area contributed by atoms with Crippen molar-refractivity contribution in [1.29, 1.82) is 0 Å². The molecule has 0 atom stereocenters. The molecule has 1 aliphatic rings. The van der Waals surface area contributed by atoms with Gasteiger partial charge < -0.3 is 28.4 Å². The number of carbonyl (C=O) groups is 1. The minimum atomic E-state index is -0.283. The molecular formula is C24H26N2O6. The summed E-state index contributed by atoms with van der Waals surface area (Å²) in [5.74, 6) is 1.28. The summed E-state index contributed by atoms with van der Waals surface area (Å²) in [5.41, 5.74) is 1.21. The van der Waals surface area contributed by atoms with E-state index < -0.39 is 0 Å². The first-order valence-electron chi connectivity index (χ1n) is 10.3. The quantitative estimate of drug-likeness (QED) is 0.606. The number of piperazine rings is 1. The Balaban J connectivity index is 1.77. The van der Waals surface area contributed by atoms with Gasteiger partial charge in [-0.15, -0.1) is 0 Å². The standard InChI is InChI=1S/C24H26N2O6/c1-25-8-10-26(11-9-25)24(28)16-7-5-6-15(12-16)18-13-17(27)21-19(32-18)14-20(29-2)22(30-3)23(21)31-4/h5-7,12-14H,8-11H2,1-4H3. The van der Waals surface area contributed by atoms with Gasteiger partial charge in [-0.2, -0.15) is 0 Å². The van der Waals surface area contributed by atoms with Crippen LogP contribution in [-0.2, 0) is 0 Å². The van der Waals surface area contributed by atoms with Crippen LogP contribution in [0.15, 0.2) is 45.6 Å². The predicted molar refractivity (Wildman–Crippen MR) is 121 cm³/mol. The average molecular weight is 438 g/mol. The Morgan fingerprint density at radius 1 is 0.938 bits per heavy atom. The summed E-state index contributed by atoms with van der Waals surface area (Å²) in [6.45, 7) is 3.06. The zero-order valence-electron chi connectivity index (χ0n) is 18.6. The van der Waals surface area contributed by atoms with Crippen LogP contribution in [0.3, 0.4) is 0 Å². The number of ether oxygens (including phenoxy) is 3. The molecule has 2 heterocycles. The number of carbonyl (C=O) groups excluding carboxylic acids is 1. The molecule has 3 aromatic rings. The van der Waals surface area contributed by atoms with Crippen LogP contribution >= 0.6 is 0 Å². The van der Waals surface area contributed by atoms with Gasteiger partial charge in [-0.05, 0) is 19.2 Å². The molecule has 0 aliphatic carbocycles. The van der Waals surface area contributed by atoms with E-state index in [1.807, 2.05) is 18.0 Å². The van der Waals surface area contributed by atoms with Gasteiger partial charge in [-0.1, -0.05) is 12.1 Å². The van der Waals surface area contributed by atoms with Crippen molar-refractivity contribution in [2.45, 2.75) is 0 Å². The molecule has 1 amide bonds. The highest BCUT2D eigenvalue weighted by Crippen LogP contribution is 2.42. The van der Waals surface area contributed by atoms with Gasteiger partial charge in [-0.3, -0.25) is 9.59 Å². The first-order chi connectivity index (χ1) is 15.5. The molecule has 1 aromatic heterocycles. The third kappa shape index (κ3) is 3.89. The monoisotopic (exact) mass is 438 g/mol. The predicted octanol–water partition coefficient (Wildman–Crippen LogP) is 2.87. The normalized spacial score (nSPS) is 14.4. The van der Waals surface area contributed by atoms with Crippen LogP contribution in [0, 0.1) is 0 Å². The maximum Gasteiger partial charge on any atom is 0.253 e. The van der Waals surface area contributed by atoms with Crippen molar-refractivity contribution in [3.63, 3.8) is 0 Å². The lowest BCUT2D eigenvalue weighted by molar-refractivity contribution is 0.0664. The van der Waals surface area contributed by atoms with Crippen molar-refractivity contribution >= 4 is 16.9 Å². The van der Waals surface area contributed by atoms with E-state index in [0.717, 1.165) is 13.1 Å². The van der Waals surface area contributed by atoms with Crippen molar-refractivity contribution in [2.75, 3.05) is 54.6 Å². The summed E-state index contributed by atoms with van der Waals surface area (Å²) in [6, 6.07) is 10.1. The molecule has 32 heavy (non-hydrogen) atoms. The van der Waals surface area contributed by atoms with Crippen LogP contribution in [-0.4, -0.2) is 70.3 Å². The number of methoxy groups -OCH3 is 3. The lowest BCUT2D eigenvalue weighted by atomic mass is 10.1. The van der Waals surface area contributed by atoms with E-state index in [1.54, 1.807) is 24.3 Å². The zero-order valence-corrected chi connectivity index (χ0v) is 18.6. The minimum absolute atomic E-state index is 0.0313. The largest absolute Gasteiger partial charge is 0.493 e. The lowest BCUT2D eigenvalue weighted by Gasteiger charge is -2.32. The lowest BCUT2D eigenvalue weighted by Crippen LogP contribution is -2.47. The highest BCUT2D eigenvalue weighted by Gasteiger charge is 2.23. The van der Waals surface area contributed by atoms with Crippen molar-refractivity contribution in [3.8, 4) is 28.6 Å². The minimum Gasteiger partial charge on any atom is -0.493 e. The summed E-state index contributed by atoms with van der Waals surface area (Å²) in [6.07, 6.45) is 0. The molecular weight excluding hydrogens is 412 g/mol. The fourth-order valence-electron chi connectivity index (χ4n) is 3.93. The molecule has 1 aliphatic heterocycles. The van der Waals surface area contributed by atoms with Crippen molar-refractivity contribution in [3.05, 3.63) is 52.2 Å². The molecule has 0 bridgehead atoms. The van der Waals surface area contributed by atoms with Crippen LogP contribution in [0.2, 0.25) is 0 Å². The summed E-state index contributed by atoms with van der Waals surface area (Å²) in [7, 11) is 6.48. The number of nitrogens with zero attached hydrogens (tertiary/aromatic N) is 2. The molecule has 0 saturated carbocycles. The fraction of sp³-hybridized carbons (Fsp3) is 0.333. The molecule has 1 saturated heterocycles. The first-order valence-corrected chi connectivity index (χ1v) is 10.3. The van der Waals surface area contributed by atoms with Crippen LogP contribution in [0.5, 0.6) is 17.2 Å². The number of benzene rings is 2. The van der Waals surface area contributed by atoms with Crippen LogP contribution in [0.1, 0.15) is 10.4 Å². The molecule has 1 fully saturated rings.